The summed E-state index contributed by atoms with van der Waals surface area (Å²) in [5.74, 6) is -0.0985. The Hall–Kier alpha value is -2.64. The molecule has 0 aliphatic carbocycles. The van der Waals surface area contributed by atoms with Gasteiger partial charge in [-0.15, -0.1) is 0 Å². The van der Waals surface area contributed by atoms with E-state index < -0.39 is 11.5 Å². The minimum atomic E-state index is -0.733. The predicted octanol–water partition coefficient (Wildman–Crippen LogP) is 5.89. The van der Waals surface area contributed by atoms with Crippen LogP contribution in [0, 0.1) is 17.2 Å². The highest BCUT2D eigenvalue weighted by molar-refractivity contribution is 6.31. The second-order valence-electron chi connectivity index (χ2n) is 9.95. The van der Waals surface area contributed by atoms with Gasteiger partial charge in [-0.05, 0) is 73.4 Å². The Labute approximate surface area is 197 Å². The fraction of sp³-hybridized carbons (Fsp3) is 0.440. The maximum Gasteiger partial charge on any atom is 0.322 e. The molecule has 2 aliphatic rings. The Kier molecular flexibility index (Phi) is 5.57. The fourth-order valence-electron chi connectivity index (χ4n) is 5.72. The maximum atomic E-state index is 13.2. The molecule has 2 aliphatic heterocycles. The molecule has 33 heavy (non-hydrogen) atoms. The van der Waals surface area contributed by atoms with Gasteiger partial charge in [0.1, 0.15) is 5.82 Å². The van der Waals surface area contributed by atoms with E-state index in [1.807, 2.05) is 17.0 Å². The topological polar surface area (TPSA) is 81.2 Å². The maximum absolute atomic E-state index is 13.2. The SMILES string of the molecule is CC(C)(C(O)c1cc(Cl)cc2cn[nH]c12)[C@H]1C[C@H]2CC[C@@H](C1)N2C(=O)Nc1ccc(F)cc1. The number of urea groups is 1. The predicted molar refractivity (Wildman–Crippen MR) is 127 cm³/mol. The number of anilines is 1. The van der Waals surface area contributed by atoms with Crippen molar-refractivity contribution < 1.29 is 14.3 Å². The van der Waals surface area contributed by atoms with Crippen molar-refractivity contribution in [3.63, 3.8) is 0 Å². The number of rotatable bonds is 4. The molecule has 2 fully saturated rings. The number of H-pyrrole nitrogens is 1. The van der Waals surface area contributed by atoms with Gasteiger partial charge in [0.05, 0.1) is 17.8 Å². The normalized spacial score (nSPS) is 23.7. The lowest BCUT2D eigenvalue weighted by Gasteiger charge is -2.46. The average Bonchev–Trinajstić information content (AvgIpc) is 3.35. The number of nitrogens with zero attached hydrogens (tertiary/aromatic N) is 2. The highest BCUT2D eigenvalue weighted by Gasteiger charge is 2.49. The number of carbonyl (C=O) groups excluding carboxylic acids is 1. The number of aromatic amines is 1. The third-order valence-electron chi connectivity index (χ3n) is 7.66. The van der Waals surface area contributed by atoms with Gasteiger partial charge in [-0.1, -0.05) is 25.4 Å². The second-order valence-corrected chi connectivity index (χ2v) is 10.4. The van der Waals surface area contributed by atoms with Crippen molar-refractivity contribution in [3.8, 4) is 0 Å². The van der Waals surface area contributed by atoms with Crippen molar-refractivity contribution in [2.45, 2.75) is 57.7 Å². The Balaban J connectivity index is 1.34. The number of nitrogens with one attached hydrogen (secondary N) is 2. The summed E-state index contributed by atoms with van der Waals surface area (Å²) in [6.45, 7) is 4.19. The van der Waals surface area contributed by atoms with Crippen molar-refractivity contribution in [2.75, 3.05) is 5.32 Å². The summed E-state index contributed by atoms with van der Waals surface area (Å²) in [4.78, 5) is 15.0. The van der Waals surface area contributed by atoms with E-state index in [2.05, 4.69) is 29.4 Å². The number of fused-ring (bicyclic) bond motifs is 3. The van der Waals surface area contributed by atoms with Crippen LogP contribution >= 0.6 is 11.6 Å². The van der Waals surface area contributed by atoms with E-state index in [4.69, 9.17) is 11.6 Å². The van der Waals surface area contributed by atoms with E-state index in [9.17, 15) is 14.3 Å². The van der Waals surface area contributed by atoms with Gasteiger partial charge in [0.25, 0.3) is 0 Å². The van der Waals surface area contributed by atoms with E-state index in [1.54, 1.807) is 18.3 Å². The van der Waals surface area contributed by atoms with Crippen molar-refractivity contribution in [1.29, 1.82) is 0 Å². The van der Waals surface area contributed by atoms with Gasteiger partial charge in [-0.3, -0.25) is 5.10 Å². The number of hydrogen-bond donors (Lipinski definition) is 3. The largest absolute Gasteiger partial charge is 0.388 e. The van der Waals surface area contributed by atoms with Crippen molar-refractivity contribution >= 4 is 34.2 Å². The zero-order valence-corrected chi connectivity index (χ0v) is 19.4. The minimum Gasteiger partial charge on any atom is -0.388 e. The molecule has 2 amide bonds. The van der Waals surface area contributed by atoms with Crippen LogP contribution in [-0.2, 0) is 0 Å². The minimum absolute atomic E-state index is 0.118. The van der Waals surface area contributed by atoms with E-state index >= 15 is 0 Å². The molecule has 0 radical (unpaired) electrons. The van der Waals surface area contributed by atoms with E-state index in [1.165, 1.54) is 12.1 Å². The lowest BCUT2D eigenvalue weighted by molar-refractivity contribution is -0.0267. The molecule has 5 rings (SSSR count). The van der Waals surface area contributed by atoms with E-state index in [0.717, 1.165) is 42.1 Å². The van der Waals surface area contributed by atoms with Gasteiger partial charge < -0.3 is 15.3 Å². The van der Waals surface area contributed by atoms with E-state index in [-0.39, 0.29) is 29.8 Å². The zero-order chi connectivity index (χ0) is 23.3. The summed E-state index contributed by atoms with van der Waals surface area (Å²) >= 11 is 6.32. The summed E-state index contributed by atoms with van der Waals surface area (Å²) in [6.07, 6.45) is 4.53. The summed E-state index contributed by atoms with van der Waals surface area (Å²) in [7, 11) is 0. The molecule has 4 atom stereocenters. The van der Waals surface area contributed by atoms with Crippen LogP contribution in [0.4, 0.5) is 14.9 Å². The number of aliphatic hydroxyl groups is 1. The average molecular weight is 471 g/mol. The van der Waals surface area contributed by atoms with Crippen LogP contribution in [-0.4, -0.2) is 38.3 Å². The molecule has 6 nitrogen and oxygen atoms in total. The summed E-state index contributed by atoms with van der Waals surface area (Å²) in [6, 6.07) is 9.57. The monoisotopic (exact) mass is 470 g/mol. The summed E-state index contributed by atoms with van der Waals surface area (Å²) in [5.41, 5.74) is 1.72. The number of aliphatic hydroxyl groups excluding tert-OH is 1. The molecule has 2 saturated heterocycles. The molecule has 0 spiro atoms. The molecule has 3 heterocycles. The van der Waals surface area contributed by atoms with Gasteiger partial charge in [0, 0.05) is 33.7 Å². The molecule has 2 bridgehead atoms. The van der Waals surface area contributed by atoms with Crippen LogP contribution in [0.3, 0.4) is 0 Å². The van der Waals surface area contributed by atoms with Crippen LogP contribution in [0.2, 0.25) is 5.02 Å². The Morgan fingerprint density at radius 1 is 1.24 bits per heavy atom. The quantitative estimate of drug-likeness (QED) is 0.444. The highest BCUT2D eigenvalue weighted by Crippen LogP contribution is 2.51. The Morgan fingerprint density at radius 2 is 1.91 bits per heavy atom. The van der Waals surface area contributed by atoms with Crippen LogP contribution in [0.1, 0.15) is 51.2 Å². The molecule has 3 N–H and O–H groups in total. The van der Waals surface area contributed by atoms with Crippen molar-refractivity contribution in [2.24, 2.45) is 11.3 Å². The number of piperidine rings is 1. The van der Waals surface area contributed by atoms with Crippen LogP contribution in [0.15, 0.2) is 42.6 Å². The highest BCUT2D eigenvalue weighted by atomic mass is 35.5. The van der Waals surface area contributed by atoms with Crippen LogP contribution in [0.25, 0.3) is 10.9 Å². The molecule has 174 valence electrons. The van der Waals surface area contributed by atoms with E-state index in [0.29, 0.717) is 10.7 Å². The smallest absolute Gasteiger partial charge is 0.322 e. The molecule has 1 unspecified atom stereocenters. The number of aromatic nitrogens is 2. The van der Waals surface area contributed by atoms with Gasteiger partial charge in [0.2, 0.25) is 0 Å². The summed E-state index contributed by atoms with van der Waals surface area (Å²) in [5, 5.41) is 23.0. The standard InChI is InChI=1S/C25H28ClFN4O2/c1-25(2,23(32)21-12-16(26)9-14-13-28-30-22(14)21)15-10-19-7-8-20(11-15)31(19)24(33)29-18-5-3-17(27)4-6-18/h3-6,9,12-13,15,19-20,23,32H,7-8,10-11H2,1-2H3,(H,28,30)(H,29,33)/t15-,19+,20-,23?. The number of amides is 2. The first-order valence-corrected chi connectivity index (χ1v) is 11.8. The number of hydrogen-bond acceptors (Lipinski definition) is 3. The Morgan fingerprint density at radius 3 is 2.58 bits per heavy atom. The number of carbonyl (C=O) groups is 1. The molecular formula is C25H28ClFN4O2. The van der Waals surface area contributed by atoms with Gasteiger partial charge in [-0.2, -0.15) is 5.10 Å². The molecule has 2 aromatic carbocycles. The van der Waals surface area contributed by atoms with Crippen molar-refractivity contribution in [3.05, 3.63) is 59.0 Å². The first-order valence-electron chi connectivity index (χ1n) is 11.4. The first kappa shape index (κ1) is 22.2. The van der Waals surface area contributed by atoms with Gasteiger partial charge in [-0.25, -0.2) is 9.18 Å². The first-order chi connectivity index (χ1) is 15.7. The summed E-state index contributed by atoms with van der Waals surface area (Å²) < 4.78 is 13.2. The third kappa shape index (κ3) is 3.97. The Bertz CT molecular complexity index is 1160. The molecule has 1 aromatic heterocycles. The van der Waals surface area contributed by atoms with Crippen molar-refractivity contribution in [1.82, 2.24) is 15.1 Å². The van der Waals surface area contributed by atoms with Gasteiger partial charge in [0.15, 0.2) is 0 Å². The number of halogens is 2. The van der Waals surface area contributed by atoms with Crippen LogP contribution in [0.5, 0.6) is 0 Å². The zero-order valence-electron chi connectivity index (χ0n) is 18.7. The third-order valence-corrected chi connectivity index (χ3v) is 7.88. The lowest BCUT2D eigenvalue weighted by atomic mass is 9.67. The fourth-order valence-corrected chi connectivity index (χ4v) is 5.96. The molecular weight excluding hydrogens is 443 g/mol. The molecule has 3 aromatic rings. The second kappa shape index (κ2) is 8.29. The van der Waals surface area contributed by atoms with Gasteiger partial charge >= 0.3 is 6.03 Å². The van der Waals surface area contributed by atoms with Crippen LogP contribution < -0.4 is 5.32 Å². The molecule has 0 saturated carbocycles. The molecule has 8 heteroatoms. The number of benzene rings is 2. The lowest BCUT2D eigenvalue weighted by Crippen LogP contribution is -2.51.